The van der Waals surface area contributed by atoms with E-state index in [0.29, 0.717) is 22.5 Å². The van der Waals surface area contributed by atoms with Crippen LogP contribution < -0.4 is 11.5 Å². The van der Waals surface area contributed by atoms with Crippen molar-refractivity contribution < 1.29 is 9.53 Å². The molecule has 6 nitrogen and oxygen atoms in total. The van der Waals surface area contributed by atoms with Gasteiger partial charge in [-0.25, -0.2) is 9.97 Å². The van der Waals surface area contributed by atoms with Gasteiger partial charge < -0.3 is 16.2 Å². The predicted molar refractivity (Wildman–Crippen MR) is 82.6 cm³/mol. The lowest BCUT2D eigenvalue weighted by Crippen LogP contribution is -2.06. The van der Waals surface area contributed by atoms with Crippen LogP contribution in [0.5, 0.6) is 0 Å². The van der Waals surface area contributed by atoms with E-state index in [0.717, 1.165) is 11.1 Å². The Bertz CT molecular complexity index is 628. The van der Waals surface area contributed by atoms with Crippen molar-refractivity contribution in [3.63, 3.8) is 0 Å². The number of nitrogens with zero attached hydrogens (tertiary/aromatic N) is 2. The molecule has 0 aliphatic rings. The van der Waals surface area contributed by atoms with Gasteiger partial charge in [0.2, 0.25) is 0 Å². The first kappa shape index (κ1) is 15.1. The van der Waals surface area contributed by atoms with Gasteiger partial charge >= 0.3 is 5.97 Å². The first-order valence-corrected chi connectivity index (χ1v) is 7.23. The molecular formula is C14H16N4O2S. The minimum atomic E-state index is -0.267. The maximum atomic E-state index is 11.4. The highest BCUT2D eigenvalue weighted by atomic mass is 32.2. The van der Waals surface area contributed by atoms with Crippen molar-refractivity contribution in [1.29, 1.82) is 0 Å². The second-order valence-electron chi connectivity index (χ2n) is 4.31. The number of methoxy groups -OCH3 is 1. The molecule has 21 heavy (non-hydrogen) atoms. The lowest BCUT2D eigenvalue weighted by Gasteiger charge is -2.08. The normalized spacial score (nSPS) is 10.3. The molecule has 0 aliphatic heterocycles. The van der Waals surface area contributed by atoms with Crippen molar-refractivity contribution >= 4 is 29.4 Å². The number of esters is 1. The van der Waals surface area contributed by atoms with Gasteiger partial charge in [-0.3, -0.25) is 4.79 Å². The Hall–Kier alpha value is -2.28. The van der Waals surface area contributed by atoms with Gasteiger partial charge in [-0.1, -0.05) is 36.0 Å². The zero-order valence-corrected chi connectivity index (χ0v) is 12.4. The van der Waals surface area contributed by atoms with Gasteiger partial charge in [-0.15, -0.1) is 0 Å². The zero-order chi connectivity index (χ0) is 15.2. The minimum Gasteiger partial charge on any atom is -0.469 e. The standard InChI is InChI=1S/C14H16N4O2S/c1-20-13(19)6-9-4-2-3-5-10(9)8-21-14-17-11(15)7-12(16)18-14/h2-5,7H,6,8H2,1H3,(H4,15,16,17,18). The van der Waals surface area contributed by atoms with Crippen LogP contribution in [0.3, 0.4) is 0 Å². The fourth-order valence-electron chi connectivity index (χ4n) is 1.77. The second kappa shape index (κ2) is 6.94. The number of anilines is 2. The Morgan fingerprint density at radius 1 is 1.19 bits per heavy atom. The topological polar surface area (TPSA) is 104 Å². The highest BCUT2D eigenvalue weighted by Gasteiger charge is 2.09. The monoisotopic (exact) mass is 304 g/mol. The molecular weight excluding hydrogens is 288 g/mol. The third-order valence-electron chi connectivity index (χ3n) is 2.78. The van der Waals surface area contributed by atoms with E-state index in [-0.39, 0.29) is 12.4 Å². The van der Waals surface area contributed by atoms with E-state index >= 15 is 0 Å². The molecule has 0 unspecified atom stereocenters. The van der Waals surface area contributed by atoms with Crippen LogP contribution in [-0.2, 0) is 21.7 Å². The molecule has 1 aromatic carbocycles. The van der Waals surface area contributed by atoms with Gasteiger partial charge in [0.15, 0.2) is 5.16 Å². The quantitative estimate of drug-likeness (QED) is 0.491. The Balaban J connectivity index is 2.10. The summed E-state index contributed by atoms with van der Waals surface area (Å²) >= 11 is 1.42. The van der Waals surface area contributed by atoms with Crippen LogP contribution in [0.1, 0.15) is 11.1 Å². The highest BCUT2D eigenvalue weighted by molar-refractivity contribution is 7.98. The summed E-state index contributed by atoms with van der Waals surface area (Å²) in [6.07, 6.45) is 0.243. The van der Waals surface area contributed by atoms with E-state index < -0.39 is 0 Å². The SMILES string of the molecule is COC(=O)Cc1ccccc1CSc1nc(N)cc(N)n1. The van der Waals surface area contributed by atoms with Gasteiger partial charge in [0.05, 0.1) is 13.5 Å². The average molecular weight is 304 g/mol. The lowest BCUT2D eigenvalue weighted by atomic mass is 10.1. The van der Waals surface area contributed by atoms with Crippen LogP contribution in [-0.4, -0.2) is 23.0 Å². The van der Waals surface area contributed by atoms with Crippen LogP contribution in [0.2, 0.25) is 0 Å². The summed E-state index contributed by atoms with van der Waals surface area (Å²) in [5.41, 5.74) is 13.2. The number of hydrogen-bond acceptors (Lipinski definition) is 7. The molecule has 0 fully saturated rings. The molecule has 7 heteroatoms. The third-order valence-corrected chi connectivity index (χ3v) is 3.68. The van der Waals surface area contributed by atoms with E-state index in [9.17, 15) is 4.79 Å². The molecule has 1 aromatic heterocycles. The molecule has 0 aliphatic carbocycles. The average Bonchev–Trinajstić information content (AvgIpc) is 2.45. The van der Waals surface area contributed by atoms with Gasteiger partial charge in [0, 0.05) is 11.8 Å². The molecule has 110 valence electrons. The van der Waals surface area contributed by atoms with Crippen molar-refractivity contribution in [1.82, 2.24) is 9.97 Å². The number of nitrogens with two attached hydrogens (primary N) is 2. The fraction of sp³-hybridized carbons (Fsp3) is 0.214. The molecule has 0 radical (unpaired) electrons. The first-order chi connectivity index (χ1) is 10.1. The molecule has 0 bridgehead atoms. The second-order valence-corrected chi connectivity index (χ2v) is 5.25. The number of ether oxygens (including phenoxy) is 1. The van der Waals surface area contributed by atoms with Crippen LogP contribution in [0, 0.1) is 0 Å². The summed E-state index contributed by atoms with van der Waals surface area (Å²) in [6, 6.07) is 9.18. The van der Waals surface area contributed by atoms with Crippen LogP contribution in [0.4, 0.5) is 11.6 Å². The lowest BCUT2D eigenvalue weighted by molar-refractivity contribution is -0.139. The number of thioether (sulfide) groups is 1. The minimum absolute atomic E-state index is 0.243. The molecule has 0 saturated heterocycles. The van der Waals surface area contributed by atoms with Crippen LogP contribution >= 0.6 is 11.8 Å². The van der Waals surface area contributed by atoms with Gasteiger partial charge in [0.1, 0.15) is 11.6 Å². The molecule has 0 spiro atoms. The van der Waals surface area contributed by atoms with E-state index in [2.05, 4.69) is 9.97 Å². The van der Waals surface area contributed by atoms with Crippen molar-refractivity contribution in [2.75, 3.05) is 18.6 Å². The Labute approximate surface area is 126 Å². The van der Waals surface area contributed by atoms with Gasteiger partial charge in [-0.2, -0.15) is 0 Å². The number of nitrogen functional groups attached to an aromatic ring is 2. The van der Waals surface area contributed by atoms with Crippen molar-refractivity contribution in [2.45, 2.75) is 17.3 Å². The van der Waals surface area contributed by atoms with E-state index in [1.165, 1.54) is 24.9 Å². The molecule has 0 atom stereocenters. The number of rotatable bonds is 5. The molecule has 0 saturated carbocycles. The number of benzene rings is 1. The summed E-state index contributed by atoms with van der Waals surface area (Å²) in [6.45, 7) is 0. The third kappa shape index (κ3) is 4.35. The van der Waals surface area contributed by atoms with Crippen molar-refractivity contribution in [3.05, 3.63) is 41.5 Å². The van der Waals surface area contributed by atoms with Crippen LogP contribution in [0.15, 0.2) is 35.5 Å². The van der Waals surface area contributed by atoms with Gasteiger partial charge in [-0.05, 0) is 11.1 Å². The van der Waals surface area contributed by atoms with E-state index in [4.69, 9.17) is 16.2 Å². The van der Waals surface area contributed by atoms with Crippen molar-refractivity contribution in [2.24, 2.45) is 0 Å². The summed E-state index contributed by atoms with van der Waals surface area (Å²) in [4.78, 5) is 19.6. The van der Waals surface area contributed by atoms with Gasteiger partial charge in [0.25, 0.3) is 0 Å². The molecule has 1 heterocycles. The number of carbonyl (C=O) groups is 1. The number of hydrogen-bond donors (Lipinski definition) is 2. The predicted octanol–water partition coefficient (Wildman–Crippen LogP) is 1.65. The highest BCUT2D eigenvalue weighted by Crippen LogP contribution is 2.23. The Morgan fingerprint density at radius 3 is 2.43 bits per heavy atom. The summed E-state index contributed by atoms with van der Waals surface area (Å²) in [7, 11) is 1.38. The maximum Gasteiger partial charge on any atom is 0.309 e. The number of aromatic nitrogens is 2. The largest absolute Gasteiger partial charge is 0.469 e. The molecule has 2 aromatic rings. The first-order valence-electron chi connectivity index (χ1n) is 6.25. The van der Waals surface area contributed by atoms with E-state index in [1.807, 2.05) is 24.3 Å². The van der Waals surface area contributed by atoms with E-state index in [1.54, 1.807) is 0 Å². The van der Waals surface area contributed by atoms with Crippen LogP contribution in [0.25, 0.3) is 0 Å². The molecule has 2 rings (SSSR count). The Morgan fingerprint density at radius 2 is 1.81 bits per heavy atom. The molecule has 4 N–H and O–H groups in total. The van der Waals surface area contributed by atoms with Crippen molar-refractivity contribution in [3.8, 4) is 0 Å². The Kier molecular flexibility index (Phi) is 4.99. The summed E-state index contributed by atoms with van der Waals surface area (Å²) in [5.74, 6) is 1.04. The number of carbonyl (C=O) groups excluding carboxylic acids is 1. The maximum absolute atomic E-state index is 11.4. The fourth-order valence-corrected chi connectivity index (χ4v) is 2.67. The molecule has 0 amide bonds. The zero-order valence-electron chi connectivity index (χ0n) is 11.6. The summed E-state index contributed by atoms with van der Waals surface area (Å²) in [5, 5.41) is 0.514. The smallest absolute Gasteiger partial charge is 0.309 e. The summed E-state index contributed by atoms with van der Waals surface area (Å²) < 4.78 is 4.70.